The minimum Gasteiger partial charge on any atom is -0.459 e. The Kier molecular flexibility index (Phi) is 6.85. The van der Waals surface area contributed by atoms with E-state index in [2.05, 4.69) is 6.58 Å². The number of nitriles is 1. The van der Waals surface area contributed by atoms with E-state index in [1.165, 1.54) is 6.92 Å². The Morgan fingerprint density at radius 3 is 2.46 bits per heavy atom. The largest absolute Gasteiger partial charge is 0.459 e. The van der Waals surface area contributed by atoms with E-state index in [0.717, 1.165) is 0 Å². The summed E-state index contributed by atoms with van der Waals surface area (Å²) >= 11 is 5.93. The van der Waals surface area contributed by atoms with Gasteiger partial charge in [0.1, 0.15) is 30.6 Å². The molecule has 2 rings (SSSR count). The van der Waals surface area contributed by atoms with Gasteiger partial charge in [0.2, 0.25) is 5.88 Å². The number of carbonyl (C=O) groups is 2. The van der Waals surface area contributed by atoms with Crippen molar-refractivity contribution in [3.8, 4) is 6.07 Å². The average molecular weight is 403 g/mol. The van der Waals surface area contributed by atoms with Gasteiger partial charge in [0.05, 0.1) is 11.5 Å². The Balaban J connectivity index is 2.24. The van der Waals surface area contributed by atoms with Gasteiger partial charge in [-0.3, -0.25) is 0 Å². The average Bonchev–Trinajstić information content (AvgIpc) is 2.64. The highest BCUT2D eigenvalue weighted by Crippen LogP contribution is 2.39. The van der Waals surface area contributed by atoms with Gasteiger partial charge in [0, 0.05) is 10.6 Å². The molecule has 7 nitrogen and oxygen atoms in total. The number of esters is 2. The minimum atomic E-state index is -0.763. The number of halogens is 1. The first-order valence-electron chi connectivity index (χ1n) is 8.29. The molecular formula is C20H19ClN2O5. The lowest BCUT2D eigenvalue weighted by atomic mass is 9.83. The molecule has 0 aromatic heterocycles. The van der Waals surface area contributed by atoms with Crippen molar-refractivity contribution in [2.24, 2.45) is 5.73 Å². The molecule has 0 amide bonds. The van der Waals surface area contributed by atoms with Gasteiger partial charge < -0.3 is 19.9 Å². The van der Waals surface area contributed by atoms with Crippen LogP contribution in [0.1, 0.15) is 25.3 Å². The summed E-state index contributed by atoms with van der Waals surface area (Å²) in [6.07, 6.45) is 0. The zero-order chi connectivity index (χ0) is 20.8. The Morgan fingerprint density at radius 2 is 1.89 bits per heavy atom. The van der Waals surface area contributed by atoms with E-state index >= 15 is 0 Å². The summed E-state index contributed by atoms with van der Waals surface area (Å²) in [6, 6.07) is 8.67. The van der Waals surface area contributed by atoms with Gasteiger partial charge in [-0.25, -0.2) is 9.59 Å². The molecule has 0 saturated heterocycles. The molecule has 0 spiro atoms. The Labute approximate surface area is 167 Å². The Bertz CT molecular complexity index is 910. The van der Waals surface area contributed by atoms with Crippen LogP contribution in [0.15, 0.2) is 59.2 Å². The third-order valence-electron chi connectivity index (χ3n) is 3.93. The molecule has 1 aliphatic rings. The van der Waals surface area contributed by atoms with Crippen LogP contribution in [0.25, 0.3) is 0 Å². The van der Waals surface area contributed by atoms with Crippen LogP contribution in [0.3, 0.4) is 0 Å². The van der Waals surface area contributed by atoms with Crippen LogP contribution >= 0.6 is 11.6 Å². The number of carbonyl (C=O) groups excluding carboxylic acids is 2. The first-order valence-corrected chi connectivity index (χ1v) is 8.67. The number of benzene rings is 1. The molecule has 1 atom stereocenters. The van der Waals surface area contributed by atoms with E-state index in [-0.39, 0.29) is 41.6 Å². The van der Waals surface area contributed by atoms with Crippen molar-refractivity contribution in [3.05, 3.63) is 69.8 Å². The van der Waals surface area contributed by atoms with Crippen LogP contribution in [0.5, 0.6) is 0 Å². The maximum Gasteiger partial charge on any atom is 0.338 e. The number of hydrogen-bond donors (Lipinski definition) is 1. The smallest absolute Gasteiger partial charge is 0.338 e. The monoisotopic (exact) mass is 402 g/mol. The SMILES string of the molecule is C=C(C)C(=O)OCCOC(=O)C1=C(C)OC(N)=C(C#N)[C@@H]1c1ccc(Cl)cc1. The van der Waals surface area contributed by atoms with Crippen LogP contribution in [-0.2, 0) is 23.8 Å². The molecule has 1 aromatic rings. The molecule has 0 unspecified atom stereocenters. The van der Waals surface area contributed by atoms with E-state index in [1.807, 2.05) is 6.07 Å². The molecule has 8 heteroatoms. The standard InChI is InChI=1S/C20H19ClN2O5/c1-11(2)19(24)26-8-9-27-20(25)16-12(3)28-18(23)15(10-22)17(16)13-4-6-14(21)7-5-13/h4-7,17H,1,8-9,23H2,2-3H3/t17-/m0/s1. The summed E-state index contributed by atoms with van der Waals surface area (Å²) in [5, 5.41) is 10.0. The quantitative estimate of drug-likeness (QED) is 0.442. The number of allylic oxidation sites excluding steroid dienone is 2. The van der Waals surface area contributed by atoms with E-state index < -0.39 is 17.9 Å². The number of hydrogen-bond acceptors (Lipinski definition) is 7. The van der Waals surface area contributed by atoms with Crippen molar-refractivity contribution in [3.63, 3.8) is 0 Å². The molecule has 28 heavy (non-hydrogen) atoms. The third-order valence-corrected chi connectivity index (χ3v) is 4.18. The summed E-state index contributed by atoms with van der Waals surface area (Å²) in [4.78, 5) is 24.1. The van der Waals surface area contributed by atoms with Gasteiger partial charge in [0.15, 0.2) is 0 Å². The van der Waals surface area contributed by atoms with Gasteiger partial charge >= 0.3 is 11.9 Å². The number of ether oxygens (including phenoxy) is 3. The second kappa shape index (κ2) is 9.11. The molecule has 1 aromatic carbocycles. The van der Waals surface area contributed by atoms with Crippen LogP contribution in [-0.4, -0.2) is 25.2 Å². The van der Waals surface area contributed by atoms with Crippen molar-refractivity contribution >= 4 is 23.5 Å². The fourth-order valence-corrected chi connectivity index (χ4v) is 2.73. The highest BCUT2D eigenvalue weighted by Gasteiger charge is 2.36. The van der Waals surface area contributed by atoms with Gasteiger partial charge in [-0.15, -0.1) is 0 Å². The third kappa shape index (κ3) is 4.72. The molecular weight excluding hydrogens is 384 g/mol. The summed E-state index contributed by atoms with van der Waals surface area (Å²) in [6.45, 7) is 6.24. The molecule has 0 bridgehead atoms. The van der Waals surface area contributed by atoms with Crippen molar-refractivity contribution in [2.45, 2.75) is 19.8 Å². The van der Waals surface area contributed by atoms with Crippen molar-refractivity contribution in [1.29, 1.82) is 5.26 Å². The second-order valence-corrected chi connectivity index (χ2v) is 6.43. The van der Waals surface area contributed by atoms with E-state index in [0.29, 0.717) is 10.6 Å². The van der Waals surface area contributed by atoms with Crippen LogP contribution in [0, 0.1) is 11.3 Å². The van der Waals surface area contributed by atoms with Crippen molar-refractivity contribution in [1.82, 2.24) is 0 Å². The maximum absolute atomic E-state index is 12.7. The van der Waals surface area contributed by atoms with Crippen LogP contribution < -0.4 is 5.73 Å². The molecule has 2 N–H and O–H groups in total. The van der Waals surface area contributed by atoms with Gasteiger partial charge in [-0.05, 0) is 31.5 Å². The fraction of sp³-hybridized carbons (Fsp3) is 0.250. The zero-order valence-corrected chi connectivity index (χ0v) is 16.2. The summed E-state index contributed by atoms with van der Waals surface area (Å²) < 4.78 is 15.5. The Morgan fingerprint density at radius 1 is 1.29 bits per heavy atom. The normalized spacial score (nSPS) is 16.1. The van der Waals surface area contributed by atoms with Gasteiger partial charge in [0.25, 0.3) is 0 Å². The predicted molar refractivity (Wildman–Crippen MR) is 102 cm³/mol. The number of nitrogens with two attached hydrogens (primary N) is 1. The fourth-order valence-electron chi connectivity index (χ4n) is 2.60. The maximum atomic E-state index is 12.7. The Hall–Kier alpha value is -3.24. The van der Waals surface area contributed by atoms with Crippen LogP contribution in [0.4, 0.5) is 0 Å². The van der Waals surface area contributed by atoms with Crippen molar-refractivity contribution in [2.75, 3.05) is 13.2 Å². The highest BCUT2D eigenvalue weighted by atomic mass is 35.5. The first kappa shape index (κ1) is 21.1. The lowest BCUT2D eigenvalue weighted by Crippen LogP contribution is -2.26. The summed E-state index contributed by atoms with van der Waals surface area (Å²) in [7, 11) is 0. The second-order valence-electron chi connectivity index (χ2n) is 6.00. The molecule has 1 aliphatic heterocycles. The minimum absolute atomic E-state index is 0.0770. The van der Waals surface area contributed by atoms with E-state index in [4.69, 9.17) is 31.5 Å². The van der Waals surface area contributed by atoms with Crippen LogP contribution in [0.2, 0.25) is 5.02 Å². The number of nitrogens with zero attached hydrogens (tertiary/aromatic N) is 1. The van der Waals surface area contributed by atoms with Gasteiger partial charge in [-0.2, -0.15) is 5.26 Å². The first-order chi connectivity index (χ1) is 13.3. The molecule has 146 valence electrons. The topological polar surface area (TPSA) is 112 Å². The highest BCUT2D eigenvalue weighted by molar-refractivity contribution is 6.30. The van der Waals surface area contributed by atoms with E-state index in [1.54, 1.807) is 31.2 Å². The molecule has 0 radical (unpaired) electrons. The summed E-state index contributed by atoms with van der Waals surface area (Å²) in [5.74, 6) is -1.90. The van der Waals surface area contributed by atoms with Crippen molar-refractivity contribution < 1.29 is 23.8 Å². The van der Waals surface area contributed by atoms with Gasteiger partial charge in [-0.1, -0.05) is 30.3 Å². The van der Waals surface area contributed by atoms with E-state index in [9.17, 15) is 14.9 Å². The molecule has 0 aliphatic carbocycles. The predicted octanol–water partition coefficient (Wildman–Crippen LogP) is 3.08. The number of rotatable bonds is 6. The molecule has 0 saturated carbocycles. The summed E-state index contributed by atoms with van der Waals surface area (Å²) in [5.41, 5.74) is 6.94. The molecule has 1 heterocycles. The molecule has 0 fully saturated rings. The lowest BCUT2D eigenvalue weighted by molar-refractivity contribution is -0.147. The zero-order valence-electron chi connectivity index (χ0n) is 15.5. The lowest BCUT2D eigenvalue weighted by Gasteiger charge is -2.26.